The van der Waals surface area contributed by atoms with E-state index in [1.54, 1.807) is 5.38 Å². The Morgan fingerprint density at radius 3 is 2.75 bits per heavy atom. The lowest BCUT2D eigenvalue weighted by atomic mass is 10.2. The van der Waals surface area contributed by atoms with E-state index in [1.165, 1.54) is 17.4 Å². The van der Waals surface area contributed by atoms with Crippen LogP contribution in [0.3, 0.4) is 0 Å². The van der Waals surface area contributed by atoms with Crippen LogP contribution < -0.4 is 10.1 Å². The van der Waals surface area contributed by atoms with Gasteiger partial charge in [0.05, 0.1) is 17.0 Å². The van der Waals surface area contributed by atoms with Gasteiger partial charge in [-0.15, -0.1) is 11.3 Å². The fraction of sp³-hybridized carbons (Fsp3) is 0.158. The third-order valence-corrected chi connectivity index (χ3v) is 4.62. The summed E-state index contributed by atoms with van der Waals surface area (Å²) in [6.07, 6.45) is -0.00773. The van der Waals surface area contributed by atoms with Gasteiger partial charge in [-0.1, -0.05) is 17.7 Å². The zero-order valence-electron chi connectivity index (χ0n) is 14.8. The number of nitro benzene ring substituents is 1. The average Bonchev–Trinajstić information content (AvgIpc) is 3.10. The number of ether oxygens (including phenoxy) is 1. The molecule has 0 saturated carbocycles. The standard InChI is InChI=1S/C19H16FN3O4S/c1-12-2-5-15(6-3-12)27-10-19-22-14(11-28-19)9-18(24)21-13-4-7-16(20)17(8-13)23(25)26/h2-8,11H,9-10H2,1H3,(H,21,24). The zero-order chi connectivity index (χ0) is 20.1. The van der Waals surface area contributed by atoms with Crippen molar-refractivity contribution >= 4 is 28.6 Å². The number of carbonyl (C=O) groups excluding carboxylic acids is 1. The number of aromatic nitrogens is 1. The zero-order valence-corrected chi connectivity index (χ0v) is 15.7. The van der Waals surface area contributed by atoms with E-state index in [-0.39, 0.29) is 12.1 Å². The molecule has 3 rings (SSSR count). The molecule has 0 aliphatic heterocycles. The number of hydrogen-bond acceptors (Lipinski definition) is 6. The fourth-order valence-corrected chi connectivity index (χ4v) is 3.08. The summed E-state index contributed by atoms with van der Waals surface area (Å²) in [4.78, 5) is 26.4. The SMILES string of the molecule is Cc1ccc(OCc2nc(CC(=O)Nc3ccc(F)c([N+](=O)[O-])c3)cs2)cc1. The quantitative estimate of drug-likeness (QED) is 0.472. The molecule has 0 atom stereocenters. The van der Waals surface area contributed by atoms with Crippen LogP contribution in [0.15, 0.2) is 47.8 Å². The van der Waals surface area contributed by atoms with Crippen molar-refractivity contribution in [3.05, 3.63) is 80.0 Å². The van der Waals surface area contributed by atoms with Crippen molar-refractivity contribution in [3.8, 4) is 5.75 Å². The normalized spacial score (nSPS) is 10.5. The van der Waals surface area contributed by atoms with E-state index < -0.39 is 22.3 Å². The number of thiazole rings is 1. The minimum atomic E-state index is -0.958. The summed E-state index contributed by atoms with van der Waals surface area (Å²) in [5.74, 6) is -0.629. The minimum absolute atomic E-state index is 0.00773. The Kier molecular flexibility index (Phi) is 5.95. The van der Waals surface area contributed by atoms with Crippen molar-refractivity contribution in [1.82, 2.24) is 4.98 Å². The molecule has 9 heteroatoms. The highest BCUT2D eigenvalue weighted by molar-refractivity contribution is 7.09. The Bertz CT molecular complexity index is 1000. The molecule has 1 N–H and O–H groups in total. The highest BCUT2D eigenvalue weighted by atomic mass is 32.1. The number of rotatable bonds is 7. The topological polar surface area (TPSA) is 94.4 Å². The van der Waals surface area contributed by atoms with E-state index in [2.05, 4.69) is 10.3 Å². The van der Waals surface area contributed by atoms with Crippen molar-refractivity contribution < 1.29 is 18.8 Å². The lowest BCUT2D eigenvalue weighted by Gasteiger charge is -2.05. The number of nitrogens with zero attached hydrogens (tertiary/aromatic N) is 2. The van der Waals surface area contributed by atoms with E-state index in [0.29, 0.717) is 12.3 Å². The highest BCUT2D eigenvalue weighted by Crippen LogP contribution is 2.22. The minimum Gasteiger partial charge on any atom is -0.486 e. The molecule has 3 aromatic rings. The van der Waals surface area contributed by atoms with Crippen molar-refractivity contribution in [2.24, 2.45) is 0 Å². The summed E-state index contributed by atoms with van der Waals surface area (Å²) in [5, 5.41) is 15.7. The van der Waals surface area contributed by atoms with Gasteiger partial charge in [0.2, 0.25) is 11.7 Å². The first-order chi connectivity index (χ1) is 13.4. The molecule has 1 heterocycles. The largest absolute Gasteiger partial charge is 0.486 e. The molecule has 144 valence electrons. The van der Waals surface area contributed by atoms with E-state index in [4.69, 9.17) is 4.74 Å². The maximum Gasteiger partial charge on any atom is 0.306 e. The van der Waals surface area contributed by atoms with Crippen molar-refractivity contribution in [3.63, 3.8) is 0 Å². The number of carbonyl (C=O) groups is 1. The van der Waals surface area contributed by atoms with Crippen molar-refractivity contribution in [2.45, 2.75) is 20.0 Å². The Labute approximate surface area is 164 Å². The summed E-state index contributed by atoms with van der Waals surface area (Å²) in [6.45, 7) is 2.28. The van der Waals surface area contributed by atoms with Crippen molar-refractivity contribution in [2.75, 3.05) is 5.32 Å². The summed E-state index contributed by atoms with van der Waals surface area (Å²) in [6, 6.07) is 10.8. The number of amides is 1. The predicted octanol–water partition coefficient (Wildman–Crippen LogP) is 4.26. The second-order valence-corrected chi connectivity index (χ2v) is 6.93. The van der Waals surface area contributed by atoms with Crippen LogP contribution in [-0.4, -0.2) is 15.8 Å². The van der Waals surface area contributed by atoms with Gasteiger partial charge in [-0.2, -0.15) is 4.39 Å². The van der Waals surface area contributed by atoms with Gasteiger partial charge in [-0.05, 0) is 31.2 Å². The van der Waals surface area contributed by atoms with Gasteiger partial charge in [0.15, 0.2) is 0 Å². The first kappa shape index (κ1) is 19.4. The predicted molar refractivity (Wildman–Crippen MR) is 103 cm³/mol. The lowest BCUT2D eigenvalue weighted by Crippen LogP contribution is -2.15. The third-order valence-electron chi connectivity index (χ3n) is 3.75. The molecule has 0 aliphatic carbocycles. The Balaban J connectivity index is 1.55. The number of nitrogens with one attached hydrogen (secondary N) is 1. The van der Waals surface area contributed by atoms with Gasteiger partial charge in [0.1, 0.15) is 17.4 Å². The first-order valence-corrected chi connectivity index (χ1v) is 9.15. The number of halogens is 1. The Hall–Kier alpha value is -3.33. The summed E-state index contributed by atoms with van der Waals surface area (Å²) in [7, 11) is 0. The second-order valence-electron chi connectivity index (χ2n) is 5.98. The number of aryl methyl sites for hydroxylation is 1. The van der Waals surface area contributed by atoms with Crippen LogP contribution in [0.2, 0.25) is 0 Å². The molecule has 0 aliphatic rings. The Morgan fingerprint density at radius 2 is 2.04 bits per heavy atom. The van der Waals surface area contributed by atoms with Crippen LogP contribution >= 0.6 is 11.3 Å². The van der Waals surface area contributed by atoms with Crippen LogP contribution in [-0.2, 0) is 17.8 Å². The molecular formula is C19H16FN3O4S. The molecule has 2 aromatic carbocycles. The average molecular weight is 401 g/mol. The molecule has 0 spiro atoms. The van der Waals surface area contributed by atoms with Gasteiger partial charge < -0.3 is 10.1 Å². The number of anilines is 1. The number of nitro groups is 1. The molecule has 7 nitrogen and oxygen atoms in total. The summed E-state index contributed by atoms with van der Waals surface area (Å²) < 4.78 is 19.0. The molecule has 0 radical (unpaired) electrons. The van der Waals surface area contributed by atoms with Gasteiger partial charge in [0.25, 0.3) is 0 Å². The molecular weight excluding hydrogens is 385 g/mol. The number of hydrogen-bond donors (Lipinski definition) is 1. The summed E-state index contributed by atoms with van der Waals surface area (Å²) in [5.41, 5.74) is 1.15. The van der Waals surface area contributed by atoms with E-state index in [9.17, 15) is 19.3 Å². The fourth-order valence-electron chi connectivity index (χ4n) is 2.38. The van der Waals surface area contributed by atoms with Crippen LogP contribution in [0, 0.1) is 22.9 Å². The molecule has 0 fully saturated rings. The van der Waals surface area contributed by atoms with Crippen molar-refractivity contribution in [1.29, 1.82) is 0 Å². The highest BCUT2D eigenvalue weighted by Gasteiger charge is 2.16. The maximum atomic E-state index is 13.3. The van der Waals surface area contributed by atoms with Crippen LogP contribution in [0.1, 0.15) is 16.3 Å². The molecule has 0 bridgehead atoms. The van der Waals surface area contributed by atoms with Gasteiger partial charge in [0, 0.05) is 17.1 Å². The molecule has 0 saturated heterocycles. The summed E-state index contributed by atoms with van der Waals surface area (Å²) >= 11 is 1.37. The lowest BCUT2D eigenvalue weighted by molar-refractivity contribution is -0.387. The molecule has 1 aromatic heterocycles. The van der Waals surface area contributed by atoms with Gasteiger partial charge in [-0.3, -0.25) is 14.9 Å². The molecule has 1 amide bonds. The second kappa shape index (κ2) is 8.57. The van der Waals surface area contributed by atoms with E-state index >= 15 is 0 Å². The van der Waals surface area contributed by atoms with Crippen LogP contribution in [0.5, 0.6) is 5.75 Å². The van der Waals surface area contributed by atoms with Gasteiger partial charge >= 0.3 is 5.69 Å². The smallest absolute Gasteiger partial charge is 0.306 e. The third kappa shape index (κ3) is 5.10. The van der Waals surface area contributed by atoms with E-state index in [1.807, 2.05) is 31.2 Å². The first-order valence-electron chi connectivity index (χ1n) is 8.27. The van der Waals surface area contributed by atoms with Gasteiger partial charge in [-0.25, -0.2) is 4.98 Å². The van der Waals surface area contributed by atoms with E-state index in [0.717, 1.165) is 28.5 Å². The number of benzene rings is 2. The maximum absolute atomic E-state index is 13.3. The Morgan fingerprint density at radius 1 is 1.29 bits per heavy atom. The van der Waals surface area contributed by atoms with Crippen LogP contribution in [0.4, 0.5) is 15.8 Å². The molecule has 0 unspecified atom stereocenters. The molecule has 28 heavy (non-hydrogen) atoms. The van der Waals surface area contributed by atoms with Crippen LogP contribution in [0.25, 0.3) is 0 Å². The monoisotopic (exact) mass is 401 g/mol.